The quantitative estimate of drug-likeness (QED) is 0.806. The van der Waals surface area contributed by atoms with E-state index in [2.05, 4.69) is 19.1 Å². The van der Waals surface area contributed by atoms with Crippen LogP contribution in [0.3, 0.4) is 0 Å². The van der Waals surface area contributed by atoms with Gasteiger partial charge in [0, 0.05) is 7.11 Å². The zero-order valence-electron chi connectivity index (χ0n) is 9.73. The second kappa shape index (κ2) is 5.89. The number of methoxy groups -OCH3 is 1. The lowest BCUT2D eigenvalue weighted by Gasteiger charge is -2.18. The maximum absolute atomic E-state index is 9.96. The average Bonchev–Trinajstić information content (AvgIpc) is 2.28. The van der Waals surface area contributed by atoms with Crippen molar-refractivity contribution in [3.8, 4) is 0 Å². The summed E-state index contributed by atoms with van der Waals surface area (Å²) in [5.74, 6) is 0. The summed E-state index contributed by atoms with van der Waals surface area (Å²) in [5, 5.41) is 9.96. The van der Waals surface area contributed by atoms with Gasteiger partial charge in [0.1, 0.15) is 6.10 Å². The first kappa shape index (κ1) is 12.2. The van der Waals surface area contributed by atoms with Crippen molar-refractivity contribution in [3.63, 3.8) is 0 Å². The van der Waals surface area contributed by atoms with Gasteiger partial charge in [0.05, 0.1) is 6.10 Å². The maximum atomic E-state index is 9.96. The van der Waals surface area contributed by atoms with Crippen LogP contribution in [0.5, 0.6) is 0 Å². The molecule has 0 saturated carbocycles. The minimum atomic E-state index is -0.535. The summed E-state index contributed by atoms with van der Waals surface area (Å²) in [5.41, 5.74) is 2.22. The van der Waals surface area contributed by atoms with Gasteiger partial charge in [-0.1, -0.05) is 37.6 Å². The molecule has 1 N–H and O–H groups in total. The van der Waals surface area contributed by atoms with E-state index in [0.29, 0.717) is 0 Å². The third kappa shape index (κ3) is 3.33. The van der Waals surface area contributed by atoms with E-state index in [-0.39, 0.29) is 6.10 Å². The molecule has 0 bridgehead atoms. The second-order valence-corrected chi connectivity index (χ2v) is 3.88. The molecule has 0 aliphatic rings. The van der Waals surface area contributed by atoms with Crippen LogP contribution in [0.1, 0.15) is 37.5 Å². The summed E-state index contributed by atoms with van der Waals surface area (Å²) in [6.07, 6.45) is 1.48. The lowest BCUT2D eigenvalue weighted by molar-refractivity contribution is -0.00145. The van der Waals surface area contributed by atoms with Crippen LogP contribution in [0, 0.1) is 0 Å². The van der Waals surface area contributed by atoms with Gasteiger partial charge in [-0.3, -0.25) is 0 Å². The third-order valence-electron chi connectivity index (χ3n) is 2.65. The molecule has 0 aliphatic carbocycles. The number of aliphatic hydroxyl groups excluding tert-OH is 1. The molecule has 0 spiro atoms. The molecule has 1 aromatic rings. The van der Waals surface area contributed by atoms with Crippen LogP contribution in [0.25, 0.3) is 0 Å². The van der Waals surface area contributed by atoms with Gasteiger partial charge in [-0.2, -0.15) is 0 Å². The number of rotatable bonds is 5. The van der Waals surface area contributed by atoms with Crippen molar-refractivity contribution in [2.24, 2.45) is 0 Å². The van der Waals surface area contributed by atoms with E-state index >= 15 is 0 Å². The lowest BCUT2D eigenvalue weighted by atomic mass is 10.0. The van der Waals surface area contributed by atoms with Crippen LogP contribution in [-0.4, -0.2) is 18.3 Å². The van der Waals surface area contributed by atoms with Crippen LogP contribution in [0.4, 0.5) is 0 Å². The second-order valence-electron chi connectivity index (χ2n) is 3.88. The average molecular weight is 208 g/mol. The molecule has 2 atom stereocenters. The molecule has 0 aliphatic heterocycles. The molecule has 0 fully saturated rings. The molecule has 2 heteroatoms. The van der Waals surface area contributed by atoms with Gasteiger partial charge in [-0.15, -0.1) is 0 Å². The van der Waals surface area contributed by atoms with Gasteiger partial charge in [0.15, 0.2) is 0 Å². The summed E-state index contributed by atoms with van der Waals surface area (Å²) >= 11 is 0. The minimum Gasteiger partial charge on any atom is -0.386 e. The Labute approximate surface area is 91.9 Å². The molecule has 1 aromatic carbocycles. The zero-order chi connectivity index (χ0) is 11.3. The standard InChI is InChI=1S/C13H20O2/c1-4-6-11-7-5-8-12(9-11)13(14)10(2)15-3/h5,7-10,13-14H,4,6H2,1-3H3. The highest BCUT2D eigenvalue weighted by Crippen LogP contribution is 2.20. The zero-order valence-corrected chi connectivity index (χ0v) is 9.73. The van der Waals surface area contributed by atoms with Gasteiger partial charge < -0.3 is 9.84 Å². The number of aliphatic hydroxyl groups is 1. The van der Waals surface area contributed by atoms with Crippen LogP contribution in [0.15, 0.2) is 24.3 Å². The molecular formula is C13H20O2. The predicted octanol–water partition coefficient (Wildman–Crippen LogP) is 2.71. The predicted molar refractivity (Wildman–Crippen MR) is 61.9 cm³/mol. The van der Waals surface area contributed by atoms with Gasteiger partial charge >= 0.3 is 0 Å². The lowest BCUT2D eigenvalue weighted by Crippen LogP contribution is -2.16. The highest BCUT2D eigenvalue weighted by molar-refractivity contribution is 5.25. The highest BCUT2D eigenvalue weighted by Gasteiger charge is 2.15. The fraction of sp³-hybridized carbons (Fsp3) is 0.538. The number of aryl methyl sites for hydroxylation is 1. The normalized spacial score (nSPS) is 14.9. The molecule has 0 amide bonds. The summed E-state index contributed by atoms with van der Waals surface area (Å²) in [7, 11) is 1.61. The Morgan fingerprint density at radius 1 is 1.40 bits per heavy atom. The molecule has 0 saturated heterocycles. The molecule has 1 rings (SSSR count). The maximum Gasteiger partial charge on any atom is 0.105 e. The Bertz CT molecular complexity index is 296. The van der Waals surface area contributed by atoms with E-state index in [1.54, 1.807) is 7.11 Å². The Kier molecular flexibility index (Phi) is 4.79. The molecule has 2 nitrogen and oxygen atoms in total. The first-order chi connectivity index (χ1) is 7.19. The van der Waals surface area contributed by atoms with Crippen molar-refractivity contribution < 1.29 is 9.84 Å². The smallest absolute Gasteiger partial charge is 0.105 e. The summed E-state index contributed by atoms with van der Waals surface area (Å²) in [4.78, 5) is 0. The number of hydrogen-bond acceptors (Lipinski definition) is 2. The van der Waals surface area contributed by atoms with Gasteiger partial charge in [-0.05, 0) is 24.5 Å². The Morgan fingerprint density at radius 2 is 2.13 bits per heavy atom. The van der Waals surface area contributed by atoms with E-state index in [0.717, 1.165) is 18.4 Å². The first-order valence-corrected chi connectivity index (χ1v) is 5.48. The van der Waals surface area contributed by atoms with Crippen molar-refractivity contribution in [1.82, 2.24) is 0 Å². The van der Waals surface area contributed by atoms with E-state index < -0.39 is 6.10 Å². The van der Waals surface area contributed by atoms with E-state index in [4.69, 9.17) is 4.74 Å². The number of hydrogen-bond donors (Lipinski definition) is 1. The fourth-order valence-corrected chi connectivity index (χ4v) is 1.62. The summed E-state index contributed by atoms with van der Waals surface area (Å²) in [6.45, 7) is 4.03. The van der Waals surface area contributed by atoms with Crippen molar-refractivity contribution in [3.05, 3.63) is 35.4 Å². The first-order valence-electron chi connectivity index (χ1n) is 5.48. The Hall–Kier alpha value is -0.860. The van der Waals surface area contributed by atoms with Crippen LogP contribution in [-0.2, 0) is 11.2 Å². The SMILES string of the molecule is CCCc1cccc(C(O)C(C)OC)c1. The topological polar surface area (TPSA) is 29.5 Å². The molecule has 0 radical (unpaired) electrons. The van der Waals surface area contributed by atoms with Crippen LogP contribution < -0.4 is 0 Å². The van der Waals surface area contributed by atoms with Crippen molar-refractivity contribution in [2.75, 3.05) is 7.11 Å². The van der Waals surface area contributed by atoms with E-state index in [9.17, 15) is 5.11 Å². The Balaban J connectivity index is 2.80. The van der Waals surface area contributed by atoms with Gasteiger partial charge in [0.25, 0.3) is 0 Å². The summed E-state index contributed by atoms with van der Waals surface area (Å²) < 4.78 is 5.12. The van der Waals surface area contributed by atoms with E-state index in [1.165, 1.54) is 5.56 Å². The van der Waals surface area contributed by atoms with Crippen LogP contribution >= 0.6 is 0 Å². The third-order valence-corrected chi connectivity index (χ3v) is 2.65. The molecule has 15 heavy (non-hydrogen) atoms. The molecular weight excluding hydrogens is 188 g/mol. The van der Waals surface area contributed by atoms with Crippen LogP contribution in [0.2, 0.25) is 0 Å². The minimum absolute atomic E-state index is 0.165. The molecule has 0 aromatic heterocycles. The summed E-state index contributed by atoms with van der Waals surface area (Å²) in [6, 6.07) is 8.09. The fourth-order valence-electron chi connectivity index (χ4n) is 1.62. The molecule has 2 unspecified atom stereocenters. The monoisotopic (exact) mass is 208 g/mol. The number of benzene rings is 1. The van der Waals surface area contributed by atoms with Crippen molar-refractivity contribution in [1.29, 1.82) is 0 Å². The van der Waals surface area contributed by atoms with Crippen molar-refractivity contribution >= 4 is 0 Å². The Morgan fingerprint density at radius 3 is 2.73 bits per heavy atom. The molecule has 0 heterocycles. The van der Waals surface area contributed by atoms with Gasteiger partial charge in [-0.25, -0.2) is 0 Å². The molecule has 84 valence electrons. The largest absolute Gasteiger partial charge is 0.386 e. The highest BCUT2D eigenvalue weighted by atomic mass is 16.5. The van der Waals surface area contributed by atoms with Gasteiger partial charge in [0.2, 0.25) is 0 Å². The number of ether oxygens (including phenoxy) is 1. The van der Waals surface area contributed by atoms with E-state index in [1.807, 2.05) is 19.1 Å². The van der Waals surface area contributed by atoms with Crippen molar-refractivity contribution in [2.45, 2.75) is 38.9 Å².